The number of hydrogen-bond acceptors (Lipinski definition) is 2. The lowest BCUT2D eigenvalue weighted by atomic mass is 9.97. The average molecular weight is 284 g/mol. The Morgan fingerprint density at radius 3 is 2.67 bits per heavy atom. The maximum atomic E-state index is 4.21. The standard InChI is InChI=1S/C19H28N2/c1-15-7-5-6-8-19(15)16(2)13-17(3)20-14-18-9-11-21(4)12-10-18/h5-8,13,18,20H,2,9-12,14H2,1,3-4H3/b17-13+. The number of likely N-dealkylation sites (tertiary alicyclic amines) is 1. The minimum atomic E-state index is 0.802. The molecule has 1 aromatic carbocycles. The van der Waals surface area contributed by atoms with Gasteiger partial charge in [-0.1, -0.05) is 30.8 Å². The first-order valence-corrected chi connectivity index (χ1v) is 7.92. The van der Waals surface area contributed by atoms with E-state index in [1.807, 2.05) is 0 Å². The number of hydrogen-bond donors (Lipinski definition) is 1. The highest BCUT2D eigenvalue weighted by atomic mass is 15.1. The van der Waals surface area contributed by atoms with E-state index < -0.39 is 0 Å². The van der Waals surface area contributed by atoms with Crippen LogP contribution in [0.2, 0.25) is 0 Å². The van der Waals surface area contributed by atoms with Gasteiger partial charge in [0.25, 0.3) is 0 Å². The number of rotatable bonds is 5. The van der Waals surface area contributed by atoms with Gasteiger partial charge >= 0.3 is 0 Å². The zero-order valence-electron chi connectivity index (χ0n) is 13.7. The van der Waals surface area contributed by atoms with Gasteiger partial charge in [0.05, 0.1) is 0 Å². The van der Waals surface area contributed by atoms with Gasteiger partial charge in [-0.05, 0) is 75.5 Å². The molecule has 2 heteroatoms. The first-order chi connectivity index (χ1) is 10.1. The van der Waals surface area contributed by atoms with Crippen molar-refractivity contribution in [3.05, 3.63) is 53.7 Å². The van der Waals surface area contributed by atoms with Crippen molar-refractivity contribution in [3.8, 4) is 0 Å². The van der Waals surface area contributed by atoms with E-state index in [2.05, 4.69) is 68.0 Å². The van der Waals surface area contributed by atoms with Crippen LogP contribution in [0.15, 0.2) is 42.6 Å². The van der Waals surface area contributed by atoms with Crippen LogP contribution in [0, 0.1) is 12.8 Å². The molecule has 0 bridgehead atoms. The Hall–Kier alpha value is -1.54. The van der Waals surface area contributed by atoms with Crippen LogP contribution in [0.1, 0.15) is 30.9 Å². The second kappa shape index (κ2) is 7.46. The molecule has 1 fully saturated rings. The Morgan fingerprint density at radius 1 is 1.33 bits per heavy atom. The summed E-state index contributed by atoms with van der Waals surface area (Å²) in [5.74, 6) is 0.802. The van der Waals surface area contributed by atoms with Crippen LogP contribution in [0.25, 0.3) is 5.57 Å². The summed E-state index contributed by atoms with van der Waals surface area (Å²) in [6.45, 7) is 12.0. The Morgan fingerprint density at radius 2 is 2.00 bits per heavy atom. The molecule has 0 saturated carbocycles. The maximum absolute atomic E-state index is 4.21. The average Bonchev–Trinajstić information content (AvgIpc) is 2.47. The van der Waals surface area contributed by atoms with E-state index in [1.165, 1.54) is 42.8 Å². The van der Waals surface area contributed by atoms with Crippen molar-refractivity contribution in [2.75, 3.05) is 26.7 Å². The molecule has 1 heterocycles. The molecule has 2 rings (SSSR count). The number of benzene rings is 1. The molecule has 1 aliphatic heterocycles. The maximum Gasteiger partial charge on any atom is 0.0173 e. The van der Waals surface area contributed by atoms with Gasteiger partial charge in [0.15, 0.2) is 0 Å². The third-order valence-corrected chi connectivity index (χ3v) is 4.39. The molecule has 21 heavy (non-hydrogen) atoms. The fraction of sp³-hybridized carbons (Fsp3) is 0.474. The highest BCUT2D eigenvalue weighted by Crippen LogP contribution is 2.19. The Balaban J connectivity index is 1.86. The Bertz CT molecular complexity index is 508. The van der Waals surface area contributed by atoms with Crippen molar-refractivity contribution in [1.82, 2.24) is 10.2 Å². The van der Waals surface area contributed by atoms with Gasteiger partial charge in [0.1, 0.15) is 0 Å². The quantitative estimate of drug-likeness (QED) is 0.826. The van der Waals surface area contributed by atoms with Gasteiger partial charge < -0.3 is 10.2 Å². The first kappa shape index (κ1) is 15.8. The van der Waals surface area contributed by atoms with E-state index in [0.717, 1.165) is 18.0 Å². The molecule has 0 radical (unpaired) electrons. The van der Waals surface area contributed by atoms with Gasteiger partial charge in [0.2, 0.25) is 0 Å². The lowest BCUT2D eigenvalue weighted by Gasteiger charge is -2.29. The molecule has 1 aromatic rings. The zero-order chi connectivity index (χ0) is 15.2. The summed E-state index contributed by atoms with van der Waals surface area (Å²) >= 11 is 0. The third kappa shape index (κ3) is 4.75. The van der Waals surface area contributed by atoms with Gasteiger partial charge in [-0.25, -0.2) is 0 Å². The summed E-state index contributed by atoms with van der Waals surface area (Å²) in [5.41, 5.74) is 4.81. The minimum absolute atomic E-state index is 0.802. The summed E-state index contributed by atoms with van der Waals surface area (Å²) in [6, 6.07) is 8.41. The second-order valence-corrected chi connectivity index (χ2v) is 6.30. The van der Waals surface area contributed by atoms with Crippen molar-refractivity contribution in [1.29, 1.82) is 0 Å². The van der Waals surface area contributed by atoms with Gasteiger partial charge in [-0.2, -0.15) is 0 Å². The molecule has 0 amide bonds. The largest absolute Gasteiger partial charge is 0.388 e. The van der Waals surface area contributed by atoms with Crippen LogP contribution in [-0.4, -0.2) is 31.6 Å². The van der Waals surface area contributed by atoms with Crippen LogP contribution in [0.5, 0.6) is 0 Å². The molecule has 1 N–H and O–H groups in total. The van der Waals surface area contributed by atoms with Gasteiger partial charge in [-0.15, -0.1) is 0 Å². The molecular formula is C19H28N2. The minimum Gasteiger partial charge on any atom is -0.388 e. The highest BCUT2D eigenvalue weighted by Gasteiger charge is 2.16. The molecule has 114 valence electrons. The van der Waals surface area contributed by atoms with E-state index in [4.69, 9.17) is 0 Å². The number of nitrogens with zero attached hydrogens (tertiary/aromatic N) is 1. The molecule has 0 atom stereocenters. The summed E-state index contributed by atoms with van der Waals surface area (Å²) in [7, 11) is 2.21. The van der Waals surface area contributed by atoms with Crippen LogP contribution in [0.3, 0.4) is 0 Å². The van der Waals surface area contributed by atoms with Crippen molar-refractivity contribution in [2.24, 2.45) is 5.92 Å². The van der Waals surface area contributed by atoms with E-state index in [9.17, 15) is 0 Å². The van der Waals surface area contributed by atoms with Crippen LogP contribution >= 0.6 is 0 Å². The zero-order valence-corrected chi connectivity index (χ0v) is 13.7. The molecule has 0 unspecified atom stereocenters. The van der Waals surface area contributed by atoms with E-state index in [0.29, 0.717) is 0 Å². The van der Waals surface area contributed by atoms with Crippen molar-refractivity contribution < 1.29 is 0 Å². The first-order valence-electron chi connectivity index (χ1n) is 7.92. The second-order valence-electron chi connectivity index (χ2n) is 6.30. The molecule has 0 aliphatic carbocycles. The monoisotopic (exact) mass is 284 g/mol. The summed E-state index contributed by atoms with van der Waals surface area (Å²) in [5, 5.41) is 3.57. The topological polar surface area (TPSA) is 15.3 Å². The lowest BCUT2D eigenvalue weighted by Crippen LogP contribution is -2.34. The SMILES string of the molecule is C=C(/C=C(\C)NCC1CCN(C)CC1)c1ccccc1C. The van der Waals surface area contributed by atoms with Crippen molar-refractivity contribution >= 4 is 5.57 Å². The molecule has 1 saturated heterocycles. The van der Waals surface area contributed by atoms with Crippen LogP contribution in [0.4, 0.5) is 0 Å². The fourth-order valence-electron chi connectivity index (χ4n) is 2.89. The van der Waals surface area contributed by atoms with E-state index in [1.54, 1.807) is 0 Å². The number of allylic oxidation sites excluding steroid dienone is 3. The fourth-order valence-corrected chi connectivity index (χ4v) is 2.89. The summed E-state index contributed by atoms with van der Waals surface area (Å²) in [6.07, 6.45) is 4.77. The Labute approximate surface area is 129 Å². The molecule has 0 aromatic heterocycles. The molecule has 2 nitrogen and oxygen atoms in total. The van der Waals surface area contributed by atoms with Gasteiger partial charge in [0, 0.05) is 12.2 Å². The molecule has 0 spiro atoms. The predicted octanol–water partition coefficient (Wildman–Crippen LogP) is 3.84. The van der Waals surface area contributed by atoms with Crippen LogP contribution < -0.4 is 5.32 Å². The number of nitrogens with one attached hydrogen (secondary N) is 1. The summed E-state index contributed by atoms with van der Waals surface area (Å²) < 4.78 is 0. The number of piperidine rings is 1. The van der Waals surface area contributed by atoms with Gasteiger partial charge in [-0.3, -0.25) is 0 Å². The third-order valence-electron chi connectivity index (χ3n) is 4.39. The normalized spacial score (nSPS) is 17.8. The summed E-state index contributed by atoms with van der Waals surface area (Å²) in [4.78, 5) is 2.42. The molecular weight excluding hydrogens is 256 g/mol. The van der Waals surface area contributed by atoms with Crippen LogP contribution in [-0.2, 0) is 0 Å². The lowest BCUT2D eigenvalue weighted by molar-refractivity contribution is 0.218. The van der Waals surface area contributed by atoms with Crippen molar-refractivity contribution in [3.63, 3.8) is 0 Å². The van der Waals surface area contributed by atoms with E-state index in [-0.39, 0.29) is 0 Å². The smallest absolute Gasteiger partial charge is 0.0173 e. The van der Waals surface area contributed by atoms with E-state index >= 15 is 0 Å². The Kier molecular flexibility index (Phi) is 5.63. The molecule has 1 aliphatic rings. The number of aryl methyl sites for hydroxylation is 1. The van der Waals surface area contributed by atoms with Crippen molar-refractivity contribution in [2.45, 2.75) is 26.7 Å². The predicted molar refractivity (Wildman–Crippen MR) is 92.2 cm³/mol. The highest BCUT2D eigenvalue weighted by molar-refractivity contribution is 5.74.